The van der Waals surface area contributed by atoms with Gasteiger partial charge in [-0.25, -0.2) is 4.79 Å². The minimum absolute atomic E-state index is 0.160. The Kier molecular flexibility index (Phi) is 3.15. The first-order valence-corrected chi connectivity index (χ1v) is 5.34. The average Bonchev–Trinajstić information content (AvgIpc) is 2.63. The molecule has 1 heterocycles. The van der Waals surface area contributed by atoms with Gasteiger partial charge in [0.05, 0.1) is 11.6 Å². The predicted molar refractivity (Wildman–Crippen MR) is 63.5 cm³/mol. The third kappa shape index (κ3) is 2.25. The number of rotatable bonds is 3. The van der Waals surface area contributed by atoms with Gasteiger partial charge in [-0.1, -0.05) is 6.07 Å². The van der Waals surface area contributed by atoms with Gasteiger partial charge in [0, 0.05) is 13.6 Å². The van der Waals surface area contributed by atoms with E-state index in [1.807, 2.05) is 0 Å². The summed E-state index contributed by atoms with van der Waals surface area (Å²) in [6, 6.07) is 6.99. The molecule has 0 atom stereocenters. The van der Waals surface area contributed by atoms with Gasteiger partial charge in [-0.15, -0.1) is 0 Å². The summed E-state index contributed by atoms with van der Waals surface area (Å²) in [6.07, 6.45) is -0.160. The standard InChI is InChI=1S/C12H11N3O3/c1-15-9-6-8(7-14-11(16)4-5-13)2-3-10(9)18-12(15)17/h2-3,6H,4,7H2,1H3,(H,14,16). The zero-order chi connectivity index (χ0) is 13.1. The number of hydrogen-bond donors (Lipinski definition) is 1. The Labute approximate surface area is 102 Å². The van der Waals surface area contributed by atoms with E-state index in [1.54, 1.807) is 31.3 Å². The van der Waals surface area contributed by atoms with Gasteiger partial charge < -0.3 is 9.73 Å². The van der Waals surface area contributed by atoms with Crippen LogP contribution in [0.25, 0.3) is 11.1 Å². The highest BCUT2D eigenvalue weighted by Crippen LogP contribution is 2.14. The SMILES string of the molecule is Cn1c(=O)oc2ccc(CNC(=O)CC#N)cc21. The first-order chi connectivity index (χ1) is 8.61. The molecule has 0 bridgehead atoms. The number of oxazole rings is 1. The van der Waals surface area contributed by atoms with E-state index < -0.39 is 5.76 Å². The Morgan fingerprint density at radius 1 is 1.56 bits per heavy atom. The first kappa shape index (κ1) is 11.9. The maximum Gasteiger partial charge on any atom is 0.419 e. The van der Waals surface area contributed by atoms with E-state index in [4.69, 9.17) is 9.68 Å². The van der Waals surface area contributed by atoms with Gasteiger partial charge >= 0.3 is 5.76 Å². The largest absolute Gasteiger partial charge is 0.419 e. The van der Waals surface area contributed by atoms with Crippen molar-refractivity contribution in [1.29, 1.82) is 5.26 Å². The molecule has 1 N–H and O–H groups in total. The second kappa shape index (κ2) is 4.75. The number of nitrogens with one attached hydrogen (secondary N) is 1. The van der Waals surface area contributed by atoms with Crippen LogP contribution in [-0.4, -0.2) is 10.5 Å². The first-order valence-electron chi connectivity index (χ1n) is 5.34. The topological polar surface area (TPSA) is 88.0 Å². The van der Waals surface area contributed by atoms with E-state index in [0.29, 0.717) is 17.6 Å². The van der Waals surface area contributed by atoms with E-state index in [1.165, 1.54) is 4.57 Å². The van der Waals surface area contributed by atoms with Crippen LogP contribution in [0.2, 0.25) is 0 Å². The molecule has 0 unspecified atom stereocenters. The lowest BCUT2D eigenvalue weighted by atomic mass is 10.2. The smallest absolute Gasteiger partial charge is 0.408 e. The number of aromatic nitrogens is 1. The van der Waals surface area contributed by atoms with Gasteiger partial charge in [-0.05, 0) is 17.7 Å². The summed E-state index contributed by atoms with van der Waals surface area (Å²) in [4.78, 5) is 22.4. The highest BCUT2D eigenvalue weighted by Gasteiger charge is 2.07. The molecule has 0 radical (unpaired) electrons. The number of fused-ring (bicyclic) bond motifs is 1. The van der Waals surface area contributed by atoms with Crippen molar-refractivity contribution in [3.63, 3.8) is 0 Å². The summed E-state index contributed by atoms with van der Waals surface area (Å²) in [5.41, 5.74) is 2.02. The second-order valence-corrected chi connectivity index (χ2v) is 3.84. The third-order valence-corrected chi connectivity index (χ3v) is 2.59. The molecule has 0 aliphatic heterocycles. The minimum Gasteiger partial charge on any atom is -0.408 e. The van der Waals surface area contributed by atoms with Crippen LogP contribution in [0.5, 0.6) is 0 Å². The van der Waals surface area contributed by atoms with Crippen LogP contribution in [-0.2, 0) is 18.4 Å². The fraction of sp³-hybridized carbons (Fsp3) is 0.250. The molecule has 6 heteroatoms. The summed E-state index contributed by atoms with van der Waals surface area (Å²) >= 11 is 0. The summed E-state index contributed by atoms with van der Waals surface area (Å²) in [7, 11) is 1.62. The van der Waals surface area contributed by atoms with Crippen molar-refractivity contribution in [1.82, 2.24) is 9.88 Å². The Bertz CT molecular complexity index is 691. The molecular formula is C12H11N3O3. The molecule has 0 spiro atoms. The van der Waals surface area contributed by atoms with E-state index in [0.717, 1.165) is 5.56 Å². The van der Waals surface area contributed by atoms with Crippen LogP contribution in [0, 0.1) is 11.3 Å². The highest BCUT2D eigenvalue weighted by molar-refractivity contribution is 5.78. The average molecular weight is 245 g/mol. The van der Waals surface area contributed by atoms with E-state index >= 15 is 0 Å². The fourth-order valence-electron chi connectivity index (χ4n) is 1.62. The van der Waals surface area contributed by atoms with Gasteiger partial charge in [-0.3, -0.25) is 9.36 Å². The number of nitrogens with zero attached hydrogens (tertiary/aromatic N) is 2. The van der Waals surface area contributed by atoms with Crippen LogP contribution in [0.3, 0.4) is 0 Å². The van der Waals surface area contributed by atoms with Gasteiger partial charge in [0.1, 0.15) is 6.42 Å². The van der Waals surface area contributed by atoms with Crippen LogP contribution in [0.15, 0.2) is 27.4 Å². The number of benzene rings is 1. The lowest BCUT2D eigenvalue weighted by molar-refractivity contribution is -0.120. The number of amides is 1. The van der Waals surface area contributed by atoms with Crippen LogP contribution >= 0.6 is 0 Å². The maximum absolute atomic E-state index is 11.3. The molecule has 2 aromatic rings. The van der Waals surface area contributed by atoms with E-state index in [9.17, 15) is 9.59 Å². The van der Waals surface area contributed by atoms with Crippen molar-refractivity contribution < 1.29 is 9.21 Å². The second-order valence-electron chi connectivity index (χ2n) is 3.84. The maximum atomic E-state index is 11.3. The highest BCUT2D eigenvalue weighted by atomic mass is 16.4. The molecule has 6 nitrogen and oxygen atoms in total. The number of aryl methyl sites for hydroxylation is 1. The Balaban J connectivity index is 2.20. The summed E-state index contributed by atoms with van der Waals surface area (Å²) in [5.74, 6) is -0.741. The summed E-state index contributed by atoms with van der Waals surface area (Å²) in [5, 5.41) is 11.0. The molecule has 1 amide bonds. The molecule has 0 saturated carbocycles. The molecular weight excluding hydrogens is 234 g/mol. The Morgan fingerprint density at radius 3 is 3.06 bits per heavy atom. The minimum atomic E-state index is -0.421. The quantitative estimate of drug-likeness (QED) is 0.860. The van der Waals surface area contributed by atoms with Crippen LogP contribution in [0.1, 0.15) is 12.0 Å². The molecule has 0 fully saturated rings. The number of carbonyl (C=O) groups is 1. The number of nitriles is 1. The van der Waals surface area contributed by atoms with Crippen molar-refractivity contribution in [2.24, 2.45) is 7.05 Å². The molecule has 18 heavy (non-hydrogen) atoms. The fourth-order valence-corrected chi connectivity index (χ4v) is 1.62. The molecule has 0 aliphatic rings. The van der Waals surface area contributed by atoms with E-state index in [-0.39, 0.29) is 12.3 Å². The number of hydrogen-bond acceptors (Lipinski definition) is 4. The molecule has 1 aromatic heterocycles. The molecule has 2 rings (SSSR count). The van der Waals surface area contributed by atoms with Crippen LogP contribution in [0.4, 0.5) is 0 Å². The Hall–Kier alpha value is -2.55. The van der Waals surface area contributed by atoms with Gasteiger partial charge in [0.2, 0.25) is 5.91 Å². The lowest BCUT2D eigenvalue weighted by Gasteiger charge is -2.03. The zero-order valence-corrected chi connectivity index (χ0v) is 9.77. The van der Waals surface area contributed by atoms with Crippen LogP contribution < -0.4 is 11.1 Å². The normalized spacial score (nSPS) is 10.2. The third-order valence-electron chi connectivity index (χ3n) is 2.59. The lowest BCUT2D eigenvalue weighted by Crippen LogP contribution is -2.21. The summed E-state index contributed by atoms with van der Waals surface area (Å²) < 4.78 is 6.39. The van der Waals surface area contributed by atoms with Gasteiger partial charge in [0.25, 0.3) is 0 Å². The monoisotopic (exact) mass is 245 g/mol. The molecule has 92 valence electrons. The van der Waals surface area contributed by atoms with Gasteiger partial charge in [-0.2, -0.15) is 5.26 Å². The van der Waals surface area contributed by atoms with Crippen molar-refractivity contribution in [2.45, 2.75) is 13.0 Å². The van der Waals surface area contributed by atoms with Gasteiger partial charge in [0.15, 0.2) is 5.58 Å². The number of carbonyl (C=O) groups excluding carboxylic acids is 1. The Morgan fingerprint density at radius 2 is 2.33 bits per heavy atom. The van der Waals surface area contributed by atoms with Crippen molar-refractivity contribution in [2.75, 3.05) is 0 Å². The molecule has 1 aromatic carbocycles. The molecule has 0 aliphatic carbocycles. The van der Waals surface area contributed by atoms with Crippen molar-refractivity contribution in [3.05, 3.63) is 34.3 Å². The van der Waals surface area contributed by atoms with E-state index in [2.05, 4.69) is 5.32 Å². The zero-order valence-electron chi connectivity index (χ0n) is 9.77. The molecule has 0 saturated heterocycles. The summed E-state index contributed by atoms with van der Waals surface area (Å²) in [6.45, 7) is 0.315. The van der Waals surface area contributed by atoms with Crippen molar-refractivity contribution >= 4 is 17.0 Å². The predicted octanol–water partition coefficient (Wildman–Crippen LogP) is 0.661. The van der Waals surface area contributed by atoms with Crippen molar-refractivity contribution in [3.8, 4) is 6.07 Å².